The second kappa shape index (κ2) is 9.83. The Kier molecular flexibility index (Phi) is 7.79. The molecule has 1 heterocycles. The molecule has 1 aromatic rings. The summed E-state index contributed by atoms with van der Waals surface area (Å²) in [6, 6.07) is 5.91. The van der Waals surface area contributed by atoms with Crippen LogP contribution >= 0.6 is 12.4 Å². The van der Waals surface area contributed by atoms with Crippen LogP contribution < -0.4 is 14.8 Å². The zero-order chi connectivity index (χ0) is 17.6. The molecule has 0 spiro atoms. The minimum atomic E-state index is 0. The lowest BCUT2D eigenvalue weighted by molar-refractivity contribution is 0.0704. The minimum Gasteiger partial charge on any atom is -0.493 e. The molecule has 1 aliphatic carbocycles. The van der Waals surface area contributed by atoms with Gasteiger partial charge in [0, 0.05) is 24.7 Å². The number of carbonyl (C=O) groups is 1. The fraction of sp³-hybridized carbons (Fsp3) is 0.550. The van der Waals surface area contributed by atoms with E-state index in [0.717, 1.165) is 38.4 Å². The van der Waals surface area contributed by atoms with Crippen molar-refractivity contribution in [1.82, 2.24) is 10.2 Å². The predicted molar refractivity (Wildman–Crippen MR) is 106 cm³/mol. The number of benzene rings is 1. The first-order chi connectivity index (χ1) is 12.2. The van der Waals surface area contributed by atoms with Crippen LogP contribution in [0, 0.1) is 5.92 Å². The number of carbonyl (C=O) groups excluding carboxylic acids is 1. The van der Waals surface area contributed by atoms with Crippen molar-refractivity contribution < 1.29 is 14.3 Å². The third kappa shape index (κ3) is 5.39. The quantitative estimate of drug-likeness (QED) is 0.703. The Morgan fingerprint density at radius 3 is 2.62 bits per heavy atom. The number of nitrogens with zero attached hydrogens (tertiary/aromatic N) is 1. The molecule has 144 valence electrons. The number of rotatable bonds is 8. The van der Waals surface area contributed by atoms with E-state index in [2.05, 4.69) is 11.9 Å². The topological polar surface area (TPSA) is 50.8 Å². The van der Waals surface area contributed by atoms with Crippen molar-refractivity contribution in [2.45, 2.75) is 31.7 Å². The molecular formula is C20H29ClN2O3. The van der Waals surface area contributed by atoms with Crippen molar-refractivity contribution in [3.05, 3.63) is 36.4 Å². The highest BCUT2D eigenvalue weighted by molar-refractivity contribution is 5.95. The van der Waals surface area contributed by atoms with Gasteiger partial charge in [0.05, 0.1) is 7.11 Å². The van der Waals surface area contributed by atoms with E-state index in [-0.39, 0.29) is 18.3 Å². The van der Waals surface area contributed by atoms with Crippen LogP contribution in [0.3, 0.4) is 0 Å². The van der Waals surface area contributed by atoms with Gasteiger partial charge in [0.2, 0.25) is 0 Å². The van der Waals surface area contributed by atoms with Crippen LogP contribution in [0.2, 0.25) is 0 Å². The third-order valence-corrected chi connectivity index (χ3v) is 4.94. The van der Waals surface area contributed by atoms with Crippen molar-refractivity contribution in [1.29, 1.82) is 0 Å². The van der Waals surface area contributed by atoms with Crippen LogP contribution in [0.15, 0.2) is 30.9 Å². The Bertz CT molecular complexity index is 611. The van der Waals surface area contributed by atoms with Gasteiger partial charge in [0.25, 0.3) is 5.91 Å². The number of ether oxygens (including phenoxy) is 2. The van der Waals surface area contributed by atoms with Crippen molar-refractivity contribution in [2.75, 3.05) is 33.4 Å². The van der Waals surface area contributed by atoms with Crippen molar-refractivity contribution in [2.24, 2.45) is 5.92 Å². The number of hydrogen-bond donors (Lipinski definition) is 1. The molecule has 6 heteroatoms. The second-order valence-electron chi connectivity index (χ2n) is 6.88. The lowest BCUT2D eigenvalue weighted by Crippen LogP contribution is -2.45. The Morgan fingerprint density at radius 2 is 2.00 bits per heavy atom. The highest BCUT2D eigenvalue weighted by Gasteiger charge is 2.26. The largest absolute Gasteiger partial charge is 0.493 e. The average Bonchev–Trinajstić information content (AvgIpc) is 3.49. The van der Waals surface area contributed by atoms with Crippen LogP contribution in [0.25, 0.3) is 0 Å². The number of nitrogens with one attached hydrogen (secondary N) is 1. The lowest BCUT2D eigenvalue weighted by Gasteiger charge is -2.32. The monoisotopic (exact) mass is 380 g/mol. The number of hydrogen-bond acceptors (Lipinski definition) is 4. The molecule has 1 aliphatic heterocycles. The van der Waals surface area contributed by atoms with E-state index >= 15 is 0 Å². The van der Waals surface area contributed by atoms with Crippen LogP contribution in [0.4, 0.5) is 0 Å². The maximum Gasteiger partial charge on any atom is 0.253 e. The van der Waals surface area contributed by atoms with E-state index in [1.54, 1.807) is 31.4 Å². The van der Waals surface area contributed by atoms with E-state index in [1.165, 1.54) is 12.8 Å². The van der Waals surface area contributed by atoms with Gasteiger partial charge in [-0.1, -0.05) is 12.7 Å². The van der Waals surface area contributed by atoms with Crippen LogP contribution in [0.5, 0.6) is 11.5 Å². The highest BCUT2D eigenvalue weighted by Crippen LogP contribution is 2.30. The number of methoxy groups -OCH3 is 1. The van der Waals surface area contributed by atoms with Crippen molar-refractivity contribution >= 4 is 18.3 Å². The van der Waals surface area contributed by atoms with E-state index < -0.39 is 0 Å². The van der Waals surface area contributed by atoms with E-state index in [0.29, 0.717) is 29.7 Å². The summed E-state index contributed by atoms with van der Waals surface area (Å²) in [4.78, 5) is 14.7. The summed E-state index contributed by atoms with van der Waals surface area (Å²) in [6.07, 6.45) is 6.48. The van der Waals surface area contributed by atoms with Gasteiger partial charge in [0.15, 0.2) is 11.5 Å². The molecule has 5 nitrogen and oxygen atoms in total. The van der Waals surface area contributed by atoms with Crippen LogP contribution in [-0.2, 0) is 0 Å². The first-order valence-corrected chi connectivity index (χ1v) is 9.15. The predicted octanol–water partition coefficient (Wildman–Crippen LogP) is 3.29. The molecule has 1 N–H and O–H groups in total. The van der Waals surface area contributed by atoms with Gasteiger partial charge < -0.3 is 19.7 Å². The lowest BCUT2D eigenvalue weighted by atomic mass is 10.0. The molecule has 1 amide bonds. The van der Waals surface area contributed by atoms with Gasteiger partial charge in [-0.25, -0.2) is 0 Å². The Balaban J connectivity index is 0.00000243. The summed E-state index contributed by atoms with van der Waals surface area (Å²) in [5, 5.41) is 3.65. The number of amides is 1. The summed E-state index contributed by atoms with van der Waals surface area (Å²) in [7, 11) is 1.58. The molecule has 1 aromatic carbocycles. The van der Waals surface area contributed by atoms with Gasteiger partial charge >= 0.3 is 0 Å². The normalized spacial score (nSPS) is 17.3. The summed E-state index contributed by atoms with van der Waals surface area (Å²) in [5.74, 6) is 2.17. The maximum absolute atomic E-state index is 12.8. The summed E-state index contributed by atoms with van der Waals surface area (Å²) >= 11 is 0. The van der Waals surface area contributed by atoms with Gasteiger partial charge in [-0.05, 0) is 56.3 Å². The average molecular weight is 381 g/mol. The highest BCUT2D eigenvalue weighted by atomic mass is 35.5. The summed E-state index contributed by atoms with van der Waals surface area (Å²) in [6.45, 7) is 6.79. The maximum atomic E-state index is 12.8. The fourth-order valence-corrected chi connectivity index (χ4v) is 3.19. The Hall–Kier alpha value is -1.72. The Labute approximate surface area is 162 Å². The van der Waals surface area contributed by atoms with Crippen molar-refractivity contribution in [3.63, 3.8) is 0 Å². The fourth-order valence-electron chi connectivity index (χ4n) is 3.19. The molecular weight excluding hydrogens is 352 g/mol. The van der Waals surface area contributed by atoms with Gasteiger partial charge in [-0.3, -0.25) is 4.79 Å². The van der Waals surface area contributed by atoms with Crippen molar-refractivity contribution in [3.8, 4) is 11.5 Å². The van der Waals surface area contributed by atoms with Crippen LogP contribution in [0.1, 0.15) is 36.0 Å². The second-order valence-corrected chi connectivity index (χ2v) is 6.88. The Morgan fingerprint density at radius 1 is 1.27 bits per heavy atom. The van der Waals surface area contributed by atoms with Gasteiger partial charge in [-0.2, -0.15) is 0 Å². The third-order valence-electron chi connectivity index (χ3n) is 4.94. The first-order valence-electron chi connectivity index (χ1n) is 9.15. The first kappa shape index (κ1) is 20.6. The summed E-state index contributed by atoms with van der Waals surface area (Å²) in [5.41, 5.74) is 0.646. The SMILES string of the molecule is C=CCOc1ccc(C(=O)N2CCC(NCC3CC3)CC2)cc1OC.Cl. The minimum absolute atomic E-state index is 0. The molecule has 3 rings (SSSR count). The zero-order valence-corrected chi connectivity index (χ0v) is 16.2. The van der Waals surface area contributed by atoms with Gasteiger partial charge in [-0.15, -0.1) is 12.4 Å². The molecule has 26 heavy (non-hydrogen) atoms. The van der Waals surface area contributed by atoms with E-state index in [1.807, 2.05) is 4.90 Å². The molecule has 2 aliphatic rings. The van der Waals surface area contributed by atoms with E-state index in [4.69, 9.17) is 9.47 Å². The molecule has 0 atom stereocenters. The van der Waals surface area contributed by atoms with E-state index in [9.17, 15) is 4.79 Å². The number of piperidine rings is 1. The molecule has 0 radical (unpaired) electrons. The smallest absolute Gasteiger partial charge is 0.253 e. The molecule has 1 saturated heterocycles. The number of halogens is 1. The molecule has 0 bridgehead atoms. The summed E-state index contributed by atoms with van der Waals surface area (Å²) < 4.78 is 10.9. The zero-order valence-electron chi connectivity index (χ0n) is 15.4. The molecule has 0 aromatic heterocycles. The van der Waals surface area contributed by atoms with Gasteiger partial charge in [0.1, 0.15) is 6.61 Å². The number of likely N-dealkylation sites (tertiary alicyclic amines) is 1. The van der Waals surface area contributed by atoms with Crippen LogP contribution in [-0.4, -0.2) is 50.2 Å². The molecule has 1 saturated carbocycles. The molecule has 0 unspecified atom stereocenters. The molecule has 2 fully saturated rings. The standard InChI is InChI=1S/C20H28N2O3.ClH/c1-3-12-25-18-7-6-16(13-19(18)24-2)20(23)22-10-8-17(9-11-22)21-14-15-4-5-15;/h3,6-7,13,15,17,21H,1,4-5,8-12,14H2,2H3;1H.